The molecule has 2 atom stereocenters. The lowest BCUT2D eigenvalue weighted by Crippen LogP contribution is -2.49. The lowest BCUT2D eigenvalue weighted by molar-refractivity contribution is -0.0965. The van der Waals surface area contributed by atoms with Crippen LogP contribution in [0.2, 0.25) is 0 Å². The smallest absolute Gasteiger partial charge is 0.121 e. The van der Waals surface area contributed by atoms with Crippen molar-refractivity contribution in [1.82, 2.24) is 4.90 Å². The SMILES string of the molecule is CC1CN(CCOc2cccc(N)c2)CC(CO)O1. The Morgan fingerprint density at radius 1 is 1.47 bits per heavy atom. The van der Waals surface area contributed by atoms with Crippen molar-refractivity contribution in [1.29, 1.82) is 0 Å². The van der Waals surface area contributed by atoms with Gasteiger partial charge in [0.1, 0.15) is 12.4 Å². The summed E-state index contributed by atoms with van der Waals surface area (Å²) in [5.41, 5.74) is 6.40. The molecule has 1 aliphatic heterocycles. The molecule has 19 heavy (non-hydrogen) atoms. The van der Waals surface area contributed by atoms with Gasteiger partial charge >= 0.3 is 0 Å². The fourth-order valence-corrected chi connectivity index (χ4v) is 2.32. The number of aliphatic hydroxyl groups excluding tert-OH is 1. The molecule has 1 aliphatic rings. The van der Waals surface area contributed by atoms with Crippen molar-refractivity contribution in [3.05, 3.63) is 24.3 Å². The van der Waals surface area contributed by atoms with Crippen LogP contribution in [0.4, 0.5) is 5.69 Å². The Labute approximate surface area is 113 Å². The van der Waals surface area contributed by atoms with Crippen molar-refractivity contribution in [2.75, 3.05) is 38.6 Å². The number of nitrogen functional groups attached to an aromatic ring is 1. The van der Waals surface area contributed by atoms with Crippen molar-refractivity contribution in [2.24, 2.45) is 0 Å². The predicted octanol–water partition coefficient (Wildman–Crippen LogP) is 0.729. The van der Waals surface area contributed by atoms with E-state index in [9.17, 15) is 0 Å². The lowest BCUT2D eigenvalue weighted by atomic mass is 10.2. The van der Waals surface area contributed by atoms with Gasteiger partial charge in [0.2, 0.25) is 0 Å². The first-order valence-corrected chi connectivity index (χ1v) is 6.64. The molecule has 5 heteroatoms. The van der Waals surface area contributed by atoms with E-state index in [2.05, 4.69) is 4.90 Å². The molecule has 0 aromatic heterocycles. The van der Waals surface area contributed by atoms with Gasteiger partial charge in [-0.1, -0.05) is 6.07 Å². The predicted molar refractivity (Wildman–Crippen MR) is 74.2 cm³/mol. The zero-order valence-electron chi connectivity index (χ0n) is 11.3. The van der Waals surface area contributed by atoms with Crippen LogP contribution in [0.15, 0.2) is 24.3 Å². The molecule has 2 rings (SSSR count). The van der Waals surface area contributed by atoms with Crippen LogP contribution in [0.1, 0.15) is 6.92 Å². The third-order valence-corrected chi connectivity index (χ3v) is 3.14. The molecule has 0 saturated carbocycles. The van der Waals surface area contributed by atoms with E-state index in [1.54, 1.807) is 0 Å². The first-order chi connectivity index (χ1) is 9.17. The van der Waals surface area contributed by atoms with Crippen LogP contribution in [-0.4, -0.2) is 55.1 Å². The van der Waals surface area contributed by atoms with Gasteiger partial charge in [0, 0.05) is 31.4 Å². The Morgan fingerprint density at radius 3 is 3.05 bits per heavy atom. The topological polar surface area (TPSA) is 68.0 Å². The molecule has 1 aromatic carbocycles. The number of hydrogen-bond donors (Lipinski definition) is 2. The lowest BCUT2D eigenvalue weighted by Gasteiger charge is -2.35. The molecule has 1 fully saturated rings. The maximum atomic E-state index is 9.16. The molecule has 0 spiro atoms. The second-order valence-corrected chi connectivity index (χ2v) is 4.93. The van der Waals surface area contributed by atoms with Crippen molar-refractivity contribution in [3.63, 3.8) is 0 Å². The minimum absolute atomic E-state index is 0.0664. The highest BCUT2D eigenvalue weighted by Gasteiger charge is 2.24. The number of morpholine rings is 1. The second kappa shape index (κ2) is 6.75. The van der Waals surface area contributed by atoms with Gasteiger partial charge in [-0.25, -0.2) is 0 Å². The largest absolute Gasteiger partial charge is 0.492 e. The number of nitrogens with zero attached hydrogens (tertiary/aromatic N) is 1. The Kier molecular flexibility index (Phi) is 5.01. The number of anilines is 1. The van der Waals surface area contributed by atoms with Crippen LogP contribution in [0.25, 0.3) is 0 Å². The number of ether oxygens (including phenoxy) is 2. The van der Waals surface area contributed by atoms with Crippen LogP contribution < -0.4 is 10.5 Å². The summed E-state index contributed by atoms with van der Waals surface area (Å²) >= 11 is 0. The van der Waals surface area contributed by atoms with Crippen LogP contribution in [0, 0.1) is 0 Å². The zero-order chi connectivity index (χ0) is 13.7. The quantitative estimate of drug-likeness (QED) is 0.769. The van der Waals surface area contributed by atoms with E-state index in [4.69, 9.17) is 20.3 Å². The molecule has 1 saturated heterocycles. The Hall–Kier alpha value is -1.30. The van der Waals surface area contributed by atoms with Gasteiger partial charge in [-0.2, -0.15) is 0 Å². The Bertz CT molecular complexity index is 400. The Morgan fingerprint density at radius 2 is 2.32 bits per heavy atom. The summed E-state index contributed by atoms with van der Waals surface area (Å²) in [6, 6.07) is 7.43. The molecule has 0 radical (unpaired) electrons. The minimum atomic E-state index is -0.0869. The normalized spacial score (nSPS) is 24.3. The fourth-order valence-electron chi connectivity index (χ4n) is 2.32. The van der Waals surface area contributed by atoms with Crippen LogP contribution >= 0.6 is 0 Å². The van der Waals surface area contributed by atoms with Crippen LogP contribution in [-0.2, 0) is 4.74 Å². The highest BCUT2D eigenvalue weighted by Crippen LogP contribution is 2.15. The first-order valence-electron chi connectivity index (χ1n) is 6.64. The second-order valence-electron chi connectivity index (χ2n) is 4.93. The molecule has 3 N–H and O–H groups in total. The van der Waals surface area contributed by atoms with Gasteiger partial charge < -0.3 is 20.3 Å². The number of aliphatic hydroxyl groups is 1. The maximum Gasteiger partial charge on any atom is 0.121 e. The number of benzene rings is 1. The average Bonchev–Trinajstić information content (AvgIpc) is 2.38. The van der Waals surface area contributed by atoms with E-state index in [0.717, 1.165) is 25.4 Å². The van der Waals surface area contributed by atoms with E-state index >= 15 is 0 Å². The molecule has 0 amide bonds. The highest BCUT2D eigenvalue weighted by molar-refractivity contribution is 5.43. The molecular formula is C14H22N2O3. The third-order valence-electron chi connectivity index (χ3n) is 3.14. The molecule has 106 valence electrons. The van der Waals surface area contributed by atoms with E-state index in [1.165, 1.54) is 0 Å². The van der Waals surface area contributed by atoms with E-state index in [1.807, 2.05) is 31.2 Å². The van der Waals surface area contributed by atoms with E-state index < -0.39 is 0 Å². The van der Waals surface area contributed by atoms with Gasteiger partial charge in [-0.15, -0.1) is 0 Å². The highest BCUT2D eigenvalue weighted by atomic mass is 16.5. The molecular weight excluding hydrogens is 244 g/mol. The summed E-state index contributed by atoms with van der Waals surface area (Å²) in [6.45, 7) is 5.13. The molecule has 5 nitrogen and oxygen atoms in total. The summed E-state index contributed by atoms with van der Waals surface area (Å²) in [7, 11) is 0. The van der Waals surface area contributed by atoms with Crippen molar-refractivity contribution < 1.29 is 14.6 Å². The molecule has 1 aromatic rings. The first kappa shape index (κ1) is 14.1. The molecule has 0 aliphatic carbocycles. The summed E-state index contributed by atoms with van der Waals surface area (Å²) in [6.07, 6.45) is 0.0642. The maximum absolute atomic E-state index is 9.16. The van der Waals surface area contributed by atoms with Crippen molar-refractivity contribution >= 4 is 5.69 Å². The number of hydrogen-bond acceptors (Lipinski definition) is 5. The van der Waals surface area contributed by atoms with Gasteiger partial charge in [-0.3, -0.25) is 4.90 Å². The fraction of sp³-hybridized carbons (Fsp3) is 0.571. The van der Waals surface area contributed by atoms with Gasteiger partial charge in [-0.05, 0) is 19.1 Å². The summed E-state index contributed by atoms with van der Waals surface area (Å²) in [5, 5.41) is 9.16. The van der Waals surface area contributed by atoms with E-state index in [0.29, 0.717) is 12.3 Å². The summed E-state index contributed by atoms with van der Waals surface area (Å²) in [4.78, 5) is 2.25. The van der Waals surface area contributed by atoms with Gasteiger partial charge in [0.05, 0.1) is 18.8 Å². The van der Waals surface area contributed by atoms with Gasteiger partial charge in [0.25, 0.3) is 0 Å². The zero-order valence-corrected chi connectivity index (χ0v) is 11.3. The number of nitrogens with two attached hydrogens (primary N) is 1. The van der Waals surface area contributed by atoms with Gasteiger partial charge in [0.15, 0.2) is 0 Å². The number of rotatable bonds is 5. The standard InChI is InChI=1S/C14H22N2O3/c1-11-8-16(9-14(10-17)19-11)5-6-18-13-4-2-3-12(15)7-13/h2-4,7,11,14,17H,5-6,8-10,15H2,1H3. The molecule has 1 heterocycles. The average molecular weight is 266 g/mol. The molecule has 0 bridgehead atoms. The monoisotopic (exact) mass is 266 g/mol. The van der Waals surface area contributed by atoms with Crippen molar-refractivity contribution in [3.8, 4) is 5.75 Å². The summed E-state index contributed by atoms with van der Waals surface area (Å²) < 4.78 is 11.3. The Balaban J connectivity index is 1.76. The van der Waals surface area contributed by atoms with Crippen LogP contribution in [0.5, 0.6) is 5.75 Å². The third kappa shape index (κ3) is 4.38. The van der Waals surface area contributed by atoms with E-state index in [-0.39, 0.29) is 18.8 Å². The minimum Gasteiger partial charge on any atom is -0.492 e. The molecule has 2 unspecified atom stereocenters. The summed E-state index contributed by atoms with van der Waals surface area (Å²) in [5.74, 6) is 0.792. The van der Waals surface area contributed by atoms with Crippen LogP contribution in [0.3, 0.4) is 0 Å². The van der Waals surface area contributed by atoms with Crippen molar-refractivity contribution in [2.45, 2.75) is 19.1 Å².